The molecule has 0 saturated carbocycles. The van der Waals surface area contributed by atoms with Crippen LogP contribution in [0.4, 0.5) is 0 Å². The van der Waals surface area contributed by atoms with Gasteiger partial charge in [0.05, 0.1) is 0 Å². The first-order valence-corrected chi connectivity index (χ1v) is 6.93. The van der Waals surface area contributed by atoms with E-state index in [2.05, 4.69) is 6.58 Å². The zero-order valence-electron chi connectivity index (χ0n) is 8.95. The van der Waals surface area contributed by atoms with Crippen LogP contribution < -0.4 is 0 Å². The van der Waals surface area contributed by atoms with Crippen molar-refractivity contribution in [1.29, 1.82) is 0 Å². The molecule has 0 amide bonds. The van der Waals surface area contributed by atoms with Crippen LogP contribution in [0.1, 0.15) is 0 Å². The standard InChI is InChI=1S/2C3H7O2.C3H5.Ti/c2*1-5-3-2-4;1-3-2;/h2*2-3H2,1H3;3H,1-2H2;/q2*-1;;+2. The Morgan fingerprint density at radius 2 is 1.50 bits per heavy atom. The fourth-order valence-electron chi connectivity index (χ4n) is 0.755. The Labute approximate surface area is 93.0 Å². The van der Waals surface area contributed by atoms with E-state index in [4.69, 9.17) is 16.1 Å². The number of ether oxygens (including phenoxy) is 2. The summed E-state index contributed by atoms with van der Waals surface area (Å²) in [5.41, 5.74) is 0. The summed E-state index contributed by atoms with van der Waals surface area (Å²) in [4.78, 5) is 0. The Morgan fingerprint density at radius 3 is 1.86 bits per heavy atom. The molecule has 14 heavy (non-hydrogen) atoms. The van der Waals surface area contributed by atoms with Gasteiger partial charge in [0.2, 0.25) is 0 Å². The molecule has 4 nitrogen and oxygen atoms in total. The van der Waals surface area contributed by atoms with Crippen molar-refractivity contribution in [3.05, 3.63) is 12.7 Å². The van der Waals surface area contributed by atoms with E-state index in [0.29, 0.717) is 26.4 Å². The first-order chi connectivity index (χ1) is 6.85. The second kappa shape index (κ2) is 11.4. The van der Waals surface area contributed by atoms with Crippen molar-refractivity contribution in [2.75, 3.05) is 40.6 Å². The molecule has 0 aromatic heterocycles. The molecule has 0 radical (unpaired) electrons. The van der Waals surface area contributed by atoms with Crippen LogP contribution in [-0.2, 0) is 34.8 Å². The van der Waals surface area contributed by atoms with Crippen LogP contribution in [0.25, 0.3) is 0 Å². The molecular formula is C9H19O4Ti. The fraction of sp³-hybridized carbons (Fsp3) is 0.778. The second-order valence-electron chi connectivity index (χ2n) is 2.55. The van der Waals surface area contributed by atoms with Gasteiger partial charge < -0.3 is 0 Å². The van der Waals surface area contributed by atoms with Gasteiger partial charge in [-0.3, -0.25) is 0 Å². The van der Waals surface area contributed by atoms with Gasteiger partial charge in [0, 0.05) is 0 Å². The number of hydrogen-bond acceptors (Lipinski definition) is 4. The van der Waals surface area contributed by atoms with Crippen LogP contribution in [0.15, 0.2) is 12.7 Å². The van der Waals surface area contributed by atoms with E-state index in [1.807, 2.05) is 6.08 Å². The molecule has 0 aliphatic carbocycles. The van der Waals surface area contributed by atoms with E-state index in [1.165, 1.54) is 0 Å². The third-order valence-electron chi connectivity index (χ3n) is 1.41. The topological polar surface area (TPSA) is 36.9 Å². The summed E-state index contributed by atoms with van der Waals surface area (Å²) in [6, 6.07) is 0. The number of rotatable bonds is 10. The maximum absolute atomic E-state index is 5.56. The van der Waals surface area contributed by atoms with E-state index in [0.717, 1.165) is 4.73 Å². The van der Waals surface area contributed by atoms with Gasteiger partial charge in [0.1, 0.15) is 0 Å². The van der Waals surface area contributed by atoms with Gasteiger partial charge in [-0.25, -0.2) is 0 Å². The Kier molecular flexibility index (Phi) is 11.6. The van der Waals surface area contributed by atoms with Crippen molar-refractivity contribution in [3.63, 3.8) is 0 Å². The molecule has 5 heteroatoms. The number of methoxy groups -OCH3 is 2. The minimum atomic E-state index is -1.84. The van der Waals surface area contributed by atoms with Crippen LogP contribution in [0.2, 0.25) is 4.73 Å². The summed E-state index contributed by atoms with van der Waals surface area (Å²) in [6.45, 7) is 6.11. The predicted octanol–water partition coefficient (Wildman–Crippen LogP) is 1.36. The van der Waals surface area contributed by atoms with Crippen LogP contribution in [0.3, 0.4) is 0 Å². The molecule has 0 fully saturated rings. The van der Waals surface area contributed by atoms with Crippen molar-refractivity contribution in [3.8, 4) is 0 Å². The quantitative estimate of drug-likeness (QED) is 0.328. The van der Waals surface area contributed by atoms with E-state index < -0.39 is 18.6 Å². The third kappa shape index (κ3) is 8.87. The van der Waals surface area contributed by atoms with Gasteiger partial charge in [0.15, 0.2) is 0 Å². The summed E-state index contributed by atoms with van der Waals surface area (Å²) in [5.74, 6) is 0. The zero-order valence-corrected chi connectivity index (χ0v) is 10.5. The Balaban J connectivity index is 3.49. The van der Waals surface area contributed by atoms with Gasteiger partial charge >= 0.3 is 92.8 Å². The molecule has 83 valence electrons. The number of hydrogen-bond donors (Lipinski definition) is 0. The van der Waals surface area contributed by atoms with E-state index in [-0.39, 0.29) is 0 Å². The van der Waals surface area contributed by atoms with Gasteiger partial charge in [-0.2, -0.15) is 0 Å². The van der Waals surface area contributed by atoms with Crippen molar-refractivity contribution < 1.29 is 34.8 Å². The summed E-state index contributed by atoms with van der Waals surface area (Å²) >= 11 is -1.84. The van der Waals surface area contributed by atoms with Gasteiger partial charge in [-0.05, 0) is 0 Å². The molecule has 0 atom stereocenters. The Morgan fingerprint density at radius 1 is 1.00 bits per heavy atom. The second-order valence-corrected chi connectivity index (χ2v) is 5.25. The first-order valence-electron chi connectivity index (χ1n) is 4.55. The molecular weight excluding hydrogens is 220 g/mol. The first kappa shape index (κ1) is 14.3. The van der Waals surface area contributed by atoms with E-state index >= 15 is 0 Å². The summed E-state index contributed by atoms with van der Waals surface area (Å²) in [7, 11) is 3.31. The van der Waals surface area contributed by atoms with Gasteiger partial charge in [0.25, 0.3) is 0 Å². The monoisotopic (exact) mass is 239 g/mol. The Hall–Kier alpha value is 0.294. The average Bonchev–Trinajstić information content (AvgIpc) is 2.18. The van der Waals surface area contributed by atoms with Gasteiger partial charge in [-0.15, -0.1) is 0 Å². The average molecular weight is 239 g/mol. The Bertz CT molecular complexity index is 122. The fourth-order valence-corrected chi connectivity index (χ4v) is 2.59. The van der Waals surface area contributed by atoms with Crippen LogP contribution in [0, 0.1) is 0 Å². The minimum absolute atomic E-state index is 0.604. The molecule has 0 bridgehead atoms. The molecule has 0 aromatic rings. The summed E-state index contributed by atoms with van der Waals surface area (Å²) < 4.78 is 21.7. The zero-order chi connectivity index (χ0) is 10.6. The predicted molar refractivity (Wildman–Crippen MR) is 50.7 cm³/mol. The number of allylic oxidation sites excluding steroid dienone is 1. The molecule has 0 rings (SSSR count). The summed E-state index contributed by atoms with van der Waals surface area (Å²) in [5, 5.41) is 0. The molecule has 0 saturated heterocycles. The van der Waals surface area contributed by atoms with Crippen LogP contribution in [-0.4, -0.2) is 40.6 Å². The normalized spacial score (nSPS) is 10.1. The molecule has 0 N–H and O–H groups in total. The molecule has 0 unspecified atom stereocenters. The molecule has 0 spiro atoms. The molecule has 0 aliphatic heterocycles. The summed E-state index contributed by atoms with van der Waals surface area (Å²) in [6.07, 6.45) is 1.84. The molecule has 0 aliphatic rings. The SMILES string of the molecule is C=C[CH2][Ti]([O]CCOC)[O]CCOC. The van der Waals surface area contributed by atoms with Crippen molar-refractivity contribution in [2.24, 2.45) is 0 Å². The van der Waals surface area contributed by atoms with Crippen molar-refractivity contribution >= 4 is 0 Å². The van der Waals surface area contributed by atoms with Gasteiger partial charge in [-0.1, -0.05) is 0 Å². The van der Waals surface area contributed by atoms with Crippen LogP contribution >= 0.6 is 0 Å². The van der Waals surface area contributed by atoms with E-state index in [9.17, 15) is 0 Å². The van der Waals surface area contributed by atoms with Crippen molar-refractivity contribution in [1.82, 2.24) is 0 Å². The van der Waals surface area contributed by atoms with Crippen LogP contribution in [0.5, 0.6) is 0 Å². The molecule has 0 heterocycles. The van der Waals surface area contributed by atoms with Crippen molar-refractivity contribution in [2.45, 2.75) is 4.73 Å². The third-order valence-corrected chi connectivity index (χ3v) is 4.03. The van der Waals surface area contributed by atoms with E-state index in [1.54, 1.807) is 14.2 Å². The molecule has 0 aromatic carbocycles. The maximum atomic E-state index is 5.56.